The van der Waals surface area contributed by atoms with Crippen LogP contribution in [0.2, 0.25) is 0 Å². The van der Waals surface area contributed by atoms with Crippen molar-refractivity contribution in [2.45, 2.75) is 46.1 Å². The summed E-state index contributed by atoms with van der Waals surface area (Å²) in [5, 5.41) is 0. The molecule has 1 amide bonds. The summed E-state index contributed by atoms with van der Waals surface area (Å²) in [6.07, 6.45) is -1.96. The zero-order valence-corrected chi connectivity index (χ0v) is 18.6. The summed E-state index contributed by atoms with van der Waals surface area (Å²) in [4.78, 5) is 29.9. The Morgan fingerprint density at radius 3 is 2.48 bits per heavy atom. The van der Waals surface area contributed by atoms with Gasteiger partial charge in [-0.3, -0.25) is 4.99 Å². The molecule has 0 bridgehead atoms. The van der Waals surface area contributed by atoms with Crippen molar-refractivity contribution in [1.82, 2.24) is 4.90 Å². The first kappa shape index (κ1) is 24.5. The van der Waals surface area contributed by atoms with E-state index in [1.807, 2.05) is 45.0 Å². The maximum Gasteiger partial charge on any atom is 0.413 e. The second-order valence-electron chi connectivity index (χ2n) is 7.39. The molecule has 1 aliphatic heterocycles. The van der Waals surface area contributed by atoms with Gasteiger partial charge in [0.15, 0.2) is 11.5 Å². The van der Waals surface area contributed by atoms with E-state index >= 15 is 0 Å². The normalized spacial score (nSPS) is 18.1. The van der Waals surface area contributed by atoms with Gasteiger partial charge in [-0.25, -0.2) is 9.59 Å². The molecule has 1 aromatic rings. The van der Waals surface area contributed by atoms with Gasteiger partial charge in [0.25, 0.3) is 0 Å². The third-order valence-corrected chi connectivity index (χ3v) is 4.59. The summed E-state index contributed by atoms with van der Waals surface area (Å²) >= 11 is 0. The third-order valence-electron chi connectivity index (χ3n) is 4.59. The van der Waals surface area contributed by atoms with Crippen LogP contribution in [-0.4, -0.2) is 75.0 Å². The van der Waals surface area contributed by atoms with Crippen LogP contribution in [0.25, 0.3) is 0 Å². The van der Waals surface area contributed by atoms with Crippen molar-refractivity contribution in [3.8, 4) is 11.5 Å². The van der Waals surface area contributed by atoms with Crippen molar-refractivity contribution in [2.75, 3.05) is 32.9 Å². The molecular formula is C22H32N2O7. The molecule has 0 N–H and O–H groups in total. The number of carbonyl (C=O) groups is 2. The third kappa shape index (κ3) is 7.43. The van der Waals surface area contributed by atoms with Gasteiger partial charge >= 0.3 is 12.1 Å². The Bertz CT molecular complexity index is 740. The number of aliphatic imine (C=N–C) groups is 1. The van der Waals surface area contributed by atoms with Gasteiger partial charge in [0.1, 0.15) is 18.8 Å². The van der Waals surface area contributed by atoms with E-state index in [9.17, 15) is 9.59 Å². The van der Waals surface area contributed by atoms with Crippen molar-refractivity contribution >= 4 is 18.8 Å². The molecule has 1 saturated heterocycles. The molecule has 0 aliphatic carbocycles. The average molecular weight is 437 g/mol. The Hall–Kier alpha value is -2.81. The van der Waals surface area contributed by atoms with Crippen molar-refractivity contribution in [2.24, 2.45) is 10.9 Å². The molecule has 3 unspecified atom stereocenters. The van der Waals surface area contributed by atoms with Crippen LogP contribution in [0.5, 0.6) is 11.5 Å². The average Bonchev–Trinajstić information content (AvgIpc) is 2.73. The van der Waals surface area contributed by atoms with Crippen molar-refractivity contribution < 1.29 is 33.3 Å². The number of hydrogen-bond donors (Lipinski definition) is 0. The topological polar surface area (TPSA) is 95.9 Å². The molecular weight excluding hydrogens is 404 g/mol. The number of benzene rings is 1. The van der Waals surface area contributed by atoms with Crippen molar-refractivity contribution in [3.63, 3.8) is 0 Å². The van der Waals surface area contributed by atoms with Crippen LogP contribution in [0.1, 0.15) is 27.7 Å². The zero-order valence-electron chi connectivity index (χ0n) is 18.6. The van der Waals surface area contributed by atoms with Crippen molar-refractivity contribution in [1.29, 1.82) is 0 Å². The molecule has 1 aliphatic rings. The van der Waals surface area contributed by atoms with Crippen LogP contribution < -0.4 is 9.47 Å². The number of nitrogens with zero attached hydrogens (tertiary/aromatic N) is 2. The molecule has 2 rings (SSSR count). The maximum absolute atomic E-state index is 12.5. The first-order valence-corrected chi connectivity index (χ1v) is 10.4. The highest BCUT2D eigenvalue weighted by Gasteiger charge is 2.29. The molecule has 0 aromatic heterocycles. The van der Waals surface area contributed by atoms with Gasteiger partial charge in [-0.2, -0.15) is 0 Å². The SMILES string of the molecule is C=NC(C(=O)OC(C)OC(=O)N1CCOC(COc2ccccc2OCC)C1)C(C)C. The van der Waals surface area contributed by atoms with E-state index in [-0.39, 0.29) is 18.6 Å². The Morgan fingerprint density at radius 1 is 1.19 bits per heavy atom. The Balaban J connectivity index is 1.84. The van der Waals surface area contributed by atoms with E-state index in [1.54, 1.807) is 0 Å². The number of morpholine rings is 1. The molecule has 9 heteroatoms. The van der Waals surface area contributed by atoms with Gasteiger partial charge < -0.3 is 28.6 Å². The minimum Gasteiger partial charge on any atom is -0.490 e. The molecule has 9 nitrogen and oxygen atoms in total. The van der Waals surface area contributed by atoms with Gasteiger partial charge in [-0.15, -0.1) is 0 Å². The van der Waals surface area contributed by atoms with Gasteiger partial charge in [0.05, 0.1) is 19.8 Å². The largest absolute Gasteiger partial charge is 0.490 e. The summed E-state index contributed by atoms with van der Waals surface area (Å²) in [5.74, 6) is 0.623. The van der Waals surface area contributed by atoms with Gasteiger partial charge in [-0.1, -0.05) is 26.0 Å². The van der Waals surface area contributed by atoms with E-state index in [2.05, 4.69) is 11.7 Å². The van der Waals surface area contributed by atoms with Crippen LogP contribution in [0.3, 0.4) is 0 Å². The summed E-state index contributed by atoms with van der Waals surface area (Å²) in [7, 11) is 0. The Labute approximate surface area is 183 Å². The van der Waals surface area contributed by atoms with Crippen LogP contribution in [0.4, 0.5) is 4.79 Å². The van der Waals surface area contributed by atoms with E-state index in [0.29, 0.717) is 37.8 Å². The zero-order chi connectivity index (χ0) is 22.8. The highest BCUT2D eigenvalue weighted by atomic mass is 16.7. The molecule has 0 radical (unpaired) electrons. The van der Waals surface area contributed by atoms with Crippen LogP contribution in [-0.2, 0) is 19.0 Å². The summed E-state index contributed by atoms with van der Waals surface area (Å²) in [6, 6.07) is 6.68. The number of carbonyl (C=O) groups excluding carboxylic acids is 2. The first-order chi connectivity index (χ1) is 14.8. The monoisotopic (exact) mass is 436 g/mol. The van der Waals surface area contributed by atoms with E-state index < -0.39 is 24.4 Å². The van der Waals surface area contributed by atoms with Crippen LogP contribution in [0, 0.1) is 5.92 Å². The number of esters is 1. The lowest BCUT2D eigenvalue weighted by Gasteiger charge is -2.32. The molecule has 0 saturated carbocycles. The standard InChI is InChI=1S/C22H32N2O7/c1-6-27-18-9-7-8-10-19(18)29-14-17-13-24(11-12-28-17)22(26)31-16(4)30-21(25)20(23-5)15(2)3/h7-10,15-17,20H,5-6,11-14H2,1-4H3. The fourth-order valence-electron chi connectivity index (χ4n) is 3.04. The number of ether oxygens (including phenoxy) is 5. The van der Waals surface area contributed by atoms with E-state index in [4.69, 9.17) is 23.7 Å². The van der Waals surface area contributed by atoms with Crippen molar-refractivity contribution in [3.05, 3.63) is 24.3 Å². The second-order valence-corrected chi connectivity index (χ2v) is 7.39. The van der Waals surface area contributed by atoms with E-state index in [0.717, 1.165) is 0 Å². The van der Waals surface area contributed by atoms with Gasteiger partial charge in [0.2, 0.25) is 6.29 Å². The van der Waals surface area contributed by atoms with Crippen LogP contribution in [0.15, 0.2) is 29.3 Å². The lowest BCUT2D eigenvalue weighted by atomic mass is 10.1. The number of amides is 1. The lowest BCUT2D eigenvalue weighted by Crippen LogP contribution is -2.48. The molecule has 1 fully saturated rings. The number of para-hydroxylation sites is 2. The summed E-state index contributed by atoms with van der Waals surface area (Å²) in [6.45, 7) is 12.3. The molecule has 3 atom stereocenters. The summed E-state index contributed by atoms with van der Waals surface area (Å²) < 4.78 is 27.5. The fraction of sp³-hybridized carbons (Fsp3) is 0.591. The quantitative estimate of drug-likeness (QED) is 0.316. The summed E-state index contributed by atoms with van der Waals surface area (Å²) in [5.41, 5.74) is 0. The predicted molar refractivity (Wildman–Crippen MR) is 115 cm³/mol. The number of hydrogen-bond acceptors (Lipinski definition) is 8. The molecule has 172 valence electrons. The number of rotatable bonds is 10. The van der Waals surface area contributed by atoms with Gasteiger partial charge in [0, 0.05) is 13.5 Å². The lowest BCUT2D eigenvalue weighted by molar-refractivity contribution is -0.169. The predicted octanol–water partition coefficient (Wildman–Crippen LogP) is 2.92. The molecule has 1 aromatic carbocycles. The fourth-order valence-corrected chi connectivity index (χ4v) is 3.04. The highest BCUT2D eigenvalue weighted by Crippen LogP contribution is 2.26. The minimum atomic E-state index is -1.04. The molecule has 31 heavy (non-hydrogen) atoms. The second kappa shape index (κ2) is 12.1. The highest BCUT2D eigenvalue weighted by molar-refractivity contribution is 5.77. The van der Waals surface area contributed by atoms with E-state index in [1.165, 1.54) is 11.8 Å². The maximum atomic E-state index is 12.5. The Kier molecular flexibility index (Phi) is 9.58. The smallest absolute Gasteiger partial charge is 0.413 e. The molecule has 0 spiro atoms. The Morgan fingerprint density at radius 2 is 1.87 bits per heavy atom. The molecule has 1 heterocycles. The minimum absolute atomic E-state index is 0.0687. The van der Waals surface area contributed by atoms with Gasteiger partial charge in [-0.05, 0) is 31.7 Å². The first-order valence-electron chi connectivity index (χ1n) is 10.4. The van der Waals surface area contributed by atoms with Crippen LogP contribution >= 0.6 is 0 Å².